The summed E-state index contributed by atoms with van der Waals surface area (Å²) in [5.41, 5.74) is 2.08. The van der Waals surface area contributed by atoms with Crippen LogP contribution in [0.5, 0.6) is 0 Å². The van der Waals surface area contributed by atoms with Crippen LogP contribution in [-0.4, -0.2) is 22.0 Å². The molecule has 0 radical (unpaired) electrons. The molecule has 0 saturated heterocycles. The number of carbonyl (C=O) groups is 1. The van der Waals surface area contributed by atoms with E-state index in [1.807, 2.05) is 24.3 Å². The average molecular weight is 295 g/mol. The van der Waals surface area contributed by atoms with Gasteiger partial charge >= 0.3 is 0 Å². The highest BCUT2D eigenvalue weighted by atomic mass is 16.1. The highest BCUT2D eigenvalue weighted by Gasteiger charge is 2.08. The molecule has 0 spiro atoms. The van der Waals surface area contributed by atoms with Crippen molar-refractivity contribution in [3.05, 3.63) is 42.7 Å². The lowest BCUT2D eigenvalue weighted by molar-refractivity contribution is -0.116. The molecule has 1 aromatic heterocycles. The number of imidazole rings is 1. The summed E-state index contributed by atoms with van der Waals surface area (Å²) in [5.74, 6) is 3.62. The van der Waals surface area contributed by atoms with Crippen molar-refractivity contribution in [2.75, 3.05) is 6.54 Å². The van der Waals surface area contributed by atoms with E-state index in [1.54, 1.807) is 0 Å². The molecular formula is C18H21N3O. The zero-order valence-corrected chi connectivity index (χ0v) is 12.7. The number of aryl methyl sites for hydroxylation is 1. The number of rotatable bonds is 8. The van der Waals surface area contributed by atoms with E-state index in [0.717, 1.165) is 42.5 Å². The van der Waals surface area contributed by atoms with Gasteiger partial charge < -0.3 is 9.88 Å². The largest absolute Gasteiger partial charge is 0.353 e. The molecule has 0 saturated carbocycles. The fourth-order valence-electron chi connectivity index (χ4n) is 2.45. The van der Waals surface area contributed by atoms with Crippen LogP contribution in [0.4, 0.5) is 0 Å². The minimum atomic E-state index is -0.115. The molecule has 1 aromatic carbocycles. The molecule has 0 atom stereocenters. The molecule has 0 aliphatic rings. The molecule has 114 valence electrons. The molecule has 0 aliphatic heterocycles. The normalized spacial score (nSPS) is 10.3. The second kappa shape index (κ2) is 8.04. The second-order valence-electron chi connectivity index (χ2n) is 5.11. The van der Waals surface area contributed by atoms with E-state index in [9.17, 15) is 4.79 Å². The van der Waals surface area contributed by atoms with Crippen LogP contribution in [0.1, 0.15) is 25.1 Å². The first-order valence-electron chi connectivity index (χ1n) is 7.54. The number of hydrogen-bond acceptors (Lipinski definition) is 2. The van der Waals surface area contributed by atoms with Gasteiger partial charge in [-0.15, -0.1) is 6.42 Å². The predicted octanol–water partition coefficient (Wildman–Crippen LogP) is 2.68. The van der Waals surface area contributed by atoms with E-state index in [4.69, 9.17) is 6.42 Å². The molecule has 0 unspecified atom stereocenters. The highest BCUT2D eigenvalue weighted by molar-refractivity contribution is 5.86. The second-order valence-corrected chi connectivity index (χ2v) is 5.11. The molecular weight excluding hydrogens is 274 g/mol. The number of benzene rings is 1. The van der Waals surface area contributed by atoms with Gasteiger partial charge in [-0.25, -0.2) is 4.98 Å². The van der Waals surface area contributed by atoms with Crippen LogP contribution in [0.25, 0.3) is 11.0 Å². The maximum absolute atomic E-state index is 11.0. The van der Waals surface area contributed by atoms with Crippen molar-refractivity contribution in [1.29, 1.82) is 0 Å². The summed E-state index contributed by atoms with van der Waals surface area (Å²) in [5, 5.41) is 2.78. The molecule has 22 heavy (non-hydrogen) atoms. The highest BCUT2D eigenvalue weighted by Crippen LogP contribution is 2.17. The number of para-hydroxylation sites is 2. The van der Waals surface area contributed by atoms with Crippen molar-refractivity contribution >= 4 is 16.9 Å². The van der Waals surface area contributed by atoms with Crippen LogP contribution in [0.3, 0.4) is 0 Å². The minimum Gasteiger partial charge on any atom is -0.353 e. The van der Waals surface area contributed by atoms with Crippen LogP contribution in [-0.2, 0) is 17.8 Å². The Labute approximate surface area is 131 Å². The quantitative estimate of drug-likeness (QED) is 0.462. The summed E-state index contributed by atoms with van der Waals surface area (Å²) in [6.45, 7) is 4.66. The van der Waals surface area contributed by atoms with Gasteiger partial charge in [0.25, 0.3) is 0 Å². The Balaban J connectivity index is 1.89. The fourth-order valence-corrected chi connectivity index (χ4v) is 2.45. The monoisotopic (exact) mass is 295 g/mol. The van der Waals surface area contributed by atoms with E-state index < -0.39 is 0 Å². The third kappa shape index (κ3) is 3.98. The van der Waals surface area contributed by atoms with Gasteiger partial charge in [0.2, 0.25) is 5.91 Å². The van der Waals surface area contributed by atoms with Crippen molar-refractivity contribution in [3.8, 4) is 12.3 Å². The maximum atomic E-state index is 11.0. The van der Waals surface area contributed by atoms with E-state index in [0.29, 0.717) is 13.1 Å². The summed E-state index contributed by atoms with van der Waals surface area (Å²) >= 11 is 0. The van der Waals surface area contributed by atoms with Crippen LogP contribution in [0.2, 0.25) is 0 Å². The third-order valence-corrected chi connectivity index (χ3v) is 3.54. The van der Waals surface area contributed by atoms with E-state index >= 15 is 0 Å². The molecule has 1 heterocycles. The Bertz CT molecular complexity index is 694. The van der Waals surface area contributed by atoms with Gasteiger partial charge in [-0.1, -0.05) is 31.1 Å². The summed E-state index contributed by atoms with van der Waals surface area (Å²) in [6.07, 6.45) is 10.7. The minimum absolute atomic E-state index is 0.115. The number of carbonyl (C=O) groups excluding carboxylic acids is 1. The summed E-state index contributed by atoms with van der Waals surface area (Å²) in [7, 11) is 0. The molecule has 4 nitrogen and oxygen atoms in total. The number of terminal acetylenes is 1. The number of aromatic nitrogens is 2. The van der Waals surface area contributed by atoms with Crippen molar-refractivity contribution < 1.29 is 4.79 Å². The number of amides is 1. The molecule has 1 N–H and O–H groups in total. The lowest BCUT2D eigenvalue weighted by Gasteiger charge is -2.06. The maximum Gasteiger partial charge on any atom is 0.243 e. The first-order chi connectivity index (χ1) is 10.8. The van der Waals surface area contributed by atoms with Gasteiger partial charge in [0.1, 0.15) is 5.82 Å². The Hall–Kier alpha value is -2.54. The standard InChI is InChI=1S/C18H21N3O/c1-3-14-21-16-11-8-7-10-15(16)20-17(21)12-6-5-9-13-19-18(22)4-2/h1,4,7-8,10-11H,2,5-6,9,12-14H2,(H,19,22). The van der Waals surface area contributed by atoms with Gasteiger partial charge in [-0.3, -0.25) is 4.79 Å². The molecule has 0 bridgehead atoms. The summed E-state index contributed by atoms with van der Waals surface area (Å²) in [4.78, 5) is 15.7. The van der Waals surface area contributed by atoms with E-state index in [2.05, 4.69) is 27.4 Å². The van der Waals surface area contributed by atoms with Crippen LogP contribution >= 0.6 is 0 Å². The van der Waals surface area contributed by atoms with Gasteiger partial charge in [0.15, 0.2) is 0 Å². The van der Waals surface area contributed by atoms with Crippen molar-refractivity contribution in [1.82, 2.24) is 14.9 Å². The first kappa shape index (κ1) is 15.8. The summed E-state index contributed by atoms with van der Waals surface area (Å²) in [6, 6.07) is 8.05. The SMILES string of the molecule is C#CCn1c(CCCCCNC(=O)C=C)nc2ccccc21. The van der Waals surface area contributed by atoms with Gasteiger partial charge in [0.05, 0.1) is 17.6 Å². The Morgan fingerprint density at radius 1 is 1.36 bits per heavy atom. The van der Waals surface area contributed by atoms with Crippen LogP contribution in [0.15, 0.2) is 36.9 Å². The Morgan fingerprint density at radius 2 is 2.18 bits per heavy atom. The fraction of sp³-hybridized carbons (Fsp3) is 0.333. The Morgan fingerprint density at radius 3 is 2.95 bits per heavy atom. The number of unbranched alkanes of at least 4 members (excludes halogenated alkanes) is 2. The van der Waals surface area contributed by atoms with Crippen molar-refractivity contribution in [3.63, 3.8) is 0 Å². The smallest absolute Gasteiger partial charge is 0.243 e. The molecule has 0 aliphatic carbocycles. The first-order valence-corrected chi connectivity index (χ1v) is 7.54. The van der Waals surface area contributed by atoms with Gasteiger partial charge in [-0.05, 0) is 31.1 Å². The van der Waals surface area contributed by atoms with Crippen molar-refractivity contribution in [2.45, 2.75) is 32.2 Å². The van der Waals surface area contributed by atoms with Gasteiger partial charge in [0, 0.05) is 13.0 Å². The number of nitrogens with zero attached hydrogens (tertiary/aromatic N) is 2. The number of nitrogens with one attached hydrogen (secondary N) is 1. The summed E-state index contributed by atoms with van der Waals surface area (Å²) < 4.78 is 2.11. The molecule has 4 heteroatoms. The number of hydrogen-bond donors (Lipinski definition) is 1. The zero-order chi connectivity index (χ0) is 15.8. The Kier molecular flexibility index (Phi) is 5.79. The zero-order valence-electron chi connectivity index (χ0n) is 12.7. The lowest BCUT2D eigenvalue weighted by Crippen LogP contribution is -2.21. The van der Waals surface area contributed by atoms with Crippen LogP contribution in [0, 0.1) is 12.3 Å². The lowest BCUT2D eigenvalue weighted by atomic mass is 10.2. The van der Waals surface area contributed by atoms with E-state index in [1.165, 1.54) is 6.08 Å². The number of fused-ring (bicyclic) bond motifs is 1. The molecule has 2 rings (SSSR count). The van der Waals surface area contributed by atoms with Crippen molar-refractivity contribution in [2.24, 2.45) is 0 Å². The third-order valence-electron chi connectivity index (χ3n) is 3.54. The average Bonchev–Trinajstić information content (AvgIpc) is 2.89. The molecule has 2 aromatic rings. The molecule has 1 amide bonds. The molecule has 0 fully saturated rings. The van der Waals surface area contributed by atoms with E-state index in [-0.39, 0.29) is 5.91 Å². The van der Waals surface area contributed by atoms with Crippen LogP contribution < -0.4 is 5.32 Å². The topological polar surface area (TPSA) is 46.9 Å². The van der Waals surface area contributed by atoms with Gasteiger partial charge in [-0.2, -0.15) is 0 Å². The predicted molar refractivity (Wildman–Crippen MR) is 89.3 cm³/mol.